The summed E-state index contributed by atoms with van der Waals surface area (Å²) in [5.41, 5.74) is 8.49. The molecule has 2 aromatic rings. The highest BCUT2D eigenvalue weighted by molar-refractivity contribution is 6.04. The standard InChI is InChI=1S/C26H32F3N7O.C2H6/c1-16-6-7-22(12-24(16)36(31)15-23(30)20-8-17(2)35(5)32-13-20)33-25(37)19-9-18(14-34(3)4)10-21(11-19)26(27,28)29;1-2/h6-13,15,17H,14,30-31H2,1-5H3,(H,33,37);1-2H3/b23-15-;. The van der Waals surface area contributed by atoms with Crippen molar-refractivity contribution in [2.24, 2.45) is 16.7 Å². The maximum Gasteiger partial charge on any atom is 0.416 e. The number of rotatable bonds is 7. The molecule has 5 N–H and O–H groups in total. The van der Waals surface area contributed by atoms with Crippen molar-refractivity contribution in [2.45, 2.75) is 46.5 Å². The van der Waals surface area contributed by atoms with E-state index in [0.717, 1.165) is 23.3 Å². The number of halogens is 3. The molecule has 0 saturated carbocycles. The molecule has 0 radical (unpaired) electrons. The van der Waals surface area contributed by atoms with Gasteiger partial charge in [0, 0.05) is 36.6 Å². The van der Waals surface area contributed by atoms with Crippen LogP contribution in [-0.2, 0) is 12.7 Å². The highest BCUT2D eigenvalue weighted by Crippen LogP contribution is 2.31. The predicted molar refractivity (Wildman–Crippen MR) is 152 cm³/mol. The fraction of sp³-hybridized carbons (Fsp3) is 0.357. The predicted octanol–water partition coefficient (Wildman–Crippen LogP) is 5.08. The van der Waals surface area contributed by atoms with Crippen LogP contribution >= 0.6 is 0 Å². The summed E-state index contributed by atoms with van der Waals surface area (Å²) >= 11 is 0. The van der Waals surface area contributed by atoms with Gasteiger partial charge >= 0.3 is 6.18 Å². The van der Waals surface area contributed by atoms with Gasteiger partial charge in [-0.25, -0.2) is 5.84 Å². The number of amides is 1. The average Bonchev–Trinajstić information content (AvgIpc) is 2.86. The van der Waals surface area contributed by atoms with Gasteiger partial charge in [-0.3, -0.25) is 14.8 Å². The molecule has 1 aliphatic heterocycles. The molecule has 0 fully saturated rings. The van der Waals surface area contributed by atoms with Crippen LogP contribution < -0.4 is 21.9 Å². The van der Waals surface area contributed by atoms with E-state index >= 15 is 0 Å². The zero-order valence-corrected chi connectivity index (χ0v) is 23.5. The Morgan fingerprint density at radius 3 is 2.44 bits per heavy atom. The summed E-state index contributed by atoms with van der Waals surface area (Å²) in [6.45, 7) is 8.07. The van der Waals surface area contributed by atoms with Gasteiger partial charge in [-0.05, 0) is 75.5 Å². The number of benzene rings is 2. The number of hydrogen-bond acceptors (Lipinski definition) is 7. The monoisotopic (exact) mass is 545 g/mol. The number of anilines is 2. The van der Waals surface area contributed by atoms with Crippen molar-refractivity contribution in [3.8, 4) is 0 Å². The lowest BCUT2D eigenvalue weighted by Gasteiger charge is -2.24. The molecule has 11 heteroatoms. The van der Waals surface area contributed by atoms with Gasteiger partial charge < -0.3 is 16.0 Å². The quantitative estimate of drug-likeness (QED) is 0.331. The number of alkyl halides is 3. The molecule has 0 spiro atoms. The number of hydrazone groups is 1. The fourth-order valence-corrected chi connectivity index (χ4v) is 3.75. The van der Waals surface area contributed by atoms with Crippen LogP contribution in [-0.4, -0.2) is 49.2 Å². The Hall–Kier alpha value is -3.83. The molecule has 1 amide bonds. The van der Waals surface area contributed by atoms with E-state index in [2.05, 4.69) is 10.4 Å². The highest BCUT2D eigenvalue weighted by atomic mass is 19.4. The van der Waals surface area contributed by atoms with Crippen molar-refractivity contribution in [3.05, 3.63) is 82.2 Å². The zero-order chi connectivity index (χ0) is 29.5. The van der Waals surface area contributed by atoms with E-state index in [9.17, 15) is 18.0 Å². The molecule has 1 aliphatic rings. The number of nitrogens with one attached hydrogen (secondary N) is 1. The average molecular weight is 546 g/mol. The molecular weight excluding hydrogens is 507 g/mol. The van der Waals surface area contributed by atoms with E-state index < -0.39 is 17.6 Å². The molecule has 39 heavy (non-hydrogen) atoms. The summed E-state index contributed by atoms with van der Waals surface area (Å²) < 4.78 is 40.3. The molecular formula is C28H38F3N7O. The molecule has 0 aromatic heterocycles. The van der Waals surface area contributed by atoms with Crippen LogP contribution in [0.5, 0.6) is 0 Å². The number of hydrogen-bond donors (Lipinski definition) is 3. The van der Waals surface area contributed by atoms with E-state index in [-0.39, 0.29) is 18.2 Å². The van der Waals surface area contributed by atoms with Crippen molar-refractivity contribution < 1.29 is 18.0 Å². The van der Waals surface area contributed by atoms with Crippen molar-refractivity contribution in [1.29, 1.82) is 0 Å². The van der Waals surface area contributed by atoms with Crippen molar-refractivity contribution >= 4 is 23.5 Å². The van der Waals surface area contributed by atoms with Crippen LogP contribution in [0.2, 0.25) is 0 Å². The van der Waals surface area contributed by atoms with Gasteiger partial charge in [0.2, 0.25) is 0 Å². The molecule has 1 unspecified atom stereocenters. The Bertz CT molecular complexity index is 1250. The van der Waals surface area contributed by atoms with Gasteiger partial charge in [0.05, 0.1) is 29.2 Å². The van der Waals surface area contributed by atoms with Gasteiger partial charge in [0.15, 0.2) is 0 Å². The number of nitrogens with zero attached hydrogens (tertiary/aromatic N) is 4. The summed E-state index contributed by atoms with van der Waals surface area (Å²) in [5.74, 6) is 5.60. The Morgan fingerprint density at radius 1 is 1.18 bits per heavy atom. The molecule has 212 valence electrons. The minimum Gasteiger partial charge on any atom is -0.397 e. The molecule has 2 aromatic carbocycles. The maximum atomic E-state index is 13.4. The first-order valence-electron chi connectivity index (χ1n) is 12.5. The van der Waals surface area contributed by atoms with E-state index in [4.69, 9.17) is 11.6 Å². The summed E-state index contributed by atoms with van der Waals surface area (Å²) in [6.07, 6.45) is 0.565. The summed E-state index contributed by atoms with van der Waals surface area (Å²) in [7, 11) is 5.34. The Kier molecular flexibility index (Phi) is 10.7. The van der Waals surface area contributed by atoms with E-state index in [1.54, 1.807) is 54.6 Å². The zero-order valence-electron chi connectivity index (χ0n) is 23.5. The SMILES string of the molecule is CC.Cc1ccc(NC(=O)c2cc(CN(C)C)cc(C(F)(F)F)c2)cc1N(N)/C=C(\N)C1=CC(C)N(C)N=C1. The number of carbonyl (C=O) groups excluding carboxylic acids is 1. The number of carbonyl (C=O) groups is 1. The number of allylic oxidation sites excluding steroid dienone is 1. The molecule has 0 bridgehead atoms. The normalized spacial score (nSPS) is 15.5. The highest BCUT2D eigenvalue weighted by Gasteiger charge is 2.32. The largest absolute Gasteiger partial charge is 0.416 e. The minimum absolute atomic E-state index is 0.0625. The van der Waals surface area contributed by atoms with Crippen molar-refractivity contribution in [2.75, 3.05) is 31.5 Å². The van der Waals surface area contributed by atoms with Gasteiger partial charge in [-0.15, -0.1) is 0 Å². The van der Waals surface area contributed by atoms with Gasteiger partial charge in [0.1, 0.15) is 0 Å². The van der Waals surface area contributed by atoms with E-state index in [1.807, 2.05) is 40.8 Å². The lowest BCUT2D eigenvalue weighted by molar-refractivity contribution is -0.137. The maximum absolute atomic E-state index is 13.4. The topological polar surface area (TPSA) is 103 Å². The molecule has 0 saturated heterocycles. The number of nitrogens with two attached hydrogens (primary N) is 2. The Morgan fingerprint density at radius 2 is 1.85 bits per heavy atom. The van der Waals surface area contributed by atoms with Crippen LogP contribution in [0.1, 0.15) is 47.8 Å². The molecule has 3 rings (SSSR count). The first kappa shape index (κ1) is 31.4. The number of likely N-dealkylation sites (N-methyl/N-ethyl adjacent to an activating group) is 1. The Labute approximate surface area is 228 Å². The second-order valence-electron chi connectivity index (χ2n) is 9.28. The van der Waals surface area contributed by atoms with Gasteiger partial charge in [-0.1, -0.05) is 19.9 Å². The van der Waals surface area contributed by atoms with Crippen LogP contribution in [0.25, 0.3) is 0 Å². The van der Waals surface area contributed by atoms with Crippen molar-refractivity contribution in [3.63, 3.8) is 0 Å². The first-order valence-corrected chi connectivity index (χ1v) is 12.5. The van der Waals surface area contributed by atoms with Crippen LogP contribution in [0.15, 0.2) is 65.0 Å². The fourth-order valence-electron chi connectivity index (χ4n) is 3.75. The minimum atomic E-state index is -4.58. The van der Waals surface area contributed by atoms with E-state index in [1.165, 1.54) is 11.1 Å². The third-order valence-corrected chi connectivity index (χ3v) is 5.83. The lowest BCUT2D eigenvalue weighted by atomic mass is 10.0. The number of hydrazine groups is 1. The smallest absolute Gasteiger partial charge is 0.397 e. The Balaban J connectivity index is 0.00000260. The third-order valence-electron chi connectivity index (χ3n) is 5.83. The molecule has 8 nitrogen and oxygen atoms in total. The number of aryl methyl sites for hydroxylation is 1. The molecule has 1 atom stereocenters. The van der Waals surface area contributed by atoms with Gasteiger partial charge in [-0.2, -0.15) is 18.3 Å². The molecule has 0 aliphatic carbocycles. The van der Waals surface area contributed by atoms with Crippen LogP contribution in [0.4, 0.5) is 24.5 Å². The first-order chi connectivity index (χ1) is 18.2. The summed E-state index contributed by atoms with van der Waals surface area (Å²) in [6, 6.07) is 8.44. The van der Waals surface area contributed by atoms with Crippen LogP contribution in [0, 0.1) is 6.92 Å². The lowest BCUT2D eigenvalue weighted by Crippen LogP contribution is -2.29. The second-order valence-corrected chi connectivity index (χ2v) is 9.28. The molecule has 1 heterocycles. The van der Waals surface area contributed by atoms with Crippen LogP contribution in [0.3, 0.4) is 0 Å². The summed E-state index contributed by atoms with van der Waals surface area (Å²) in [4.78, 5) is 14.7. The second kappa shape index (κ2) is 13.3. The van der Waals surface area contributed by atoms with Gasteiger partial charge in [0.25, 0.3) is 5.91 Å². The third kappa shape index (κ3) is 8.59. The van der Waals surface area contributed by atoms with Crippen molar-refractivity contribution in [1.82, 2.24) is 9.91 Å². The van der Waals surface area contributed by atoms with E-state index in [0.29, 0.717) is 22.6 Å². The summed E-state index contributed by atoms with van der Waals surface area (Å²) in [5, 5.41) is 10.1.